The third-order valence-corrected chi connectivity index (χ3v) is 3.52. The Hall–Kier alpha value is -0.170. The Bertz CT molecular complexity index is 423. The third kappa shape index (κ3) is 1.79. The molecule has 6 heteroatoms. The van der Waals surface area contributed by atoms with Gasteiger partial charge in [0.25, 0.3) is 0 Å². The number of rotatable bonds is 1. The van der Waals surface area contributed by atoms with Gasteiger partial charge in [0.05, 0.1) is 25.7 Å². The molecule has 0 saturated heterocycles. The van der Waals surface area contributed by atoms with E-state index >= 15 is 0 Å². The summed E-state index contributed by atoms with van der Waals surface area (Å²) in [5, 5.41) is 9.29. The first-order valence-corrected chi connectivity index (χ1v) is 5.00. The van der Waals surface area contributed by atoms with Crippen LogP contribution in [0.4, 0.5) is 0 Å². The van der Waals surface area contributed by atoms with Crippen LogP contribution in [0.2, 0.25) is 20.1 Å². The highest BCUT2D eigenvalue weighted by molar-refractivity contribution is 6.52. The van der Waals surface area contributed by atoms with Crippen molar-refractivity contribution in [2.24, 2.45) is 5.73 Å². The molecule has 0 spiro atoms. The van der Waals surface area contributed by atoms with Crippen molar-refractivity contribution in [3.8, 4) is 6.07 Å². The molecule has 2 N–H and O–H groups in total. The first-order chi connectivity index (χ1) is 6.54. The molecule has 0 aliphatic carbocycles. The average Bonchev–Trinajstić information content (AvgIpc) is 2.20. The van der Waals surface area contributed by atoms with Gasteiger partial charge in [-0.15, -0.1) is 0 Å². The molecular formula is C8H4Cl4N2. The maximum absolute atomic E-state index is 8.82. The molecule has 1 rings (SSSR count). The van der Waals surface area contributed by atoms with Gasteiger partial charge in [0, 0.05) is 12.1 Å². The van der Waals surface area contributed by atoms with Crippen molar-refractivity contribution in [3.05, 3.63) is 31.2 Å². The largest absolute Gasteiger partial charge is 0.326 e. The summed E-state index contributed by atoms with van der Waals surface area (Å²) in [5.41, 5.74) is 6.00. The van der Waals surface area contributed by atoms with Gasteiger partial charge >= 0.3 is 0 Å². The predicted molar refractivity (Wildman–Crippen MR) is 59.1 cm³/mol. The molecule has 1 aromatic carbocycles. The van der Waals surface area contributed by atoms with Crippen LogP contribution in [0.5, 0.6) is 0 Å². The summed E-state index contributed by atoms with van der Waals surface area (Å²) in [5.74, 6) is 0. The fourth-order valence-corrected chi connectivity index (χ4v) is 2.00. The van der Waals surface area contributed by atoms with Crippen molar-refractivity contribution in [1.29, 1.82) is 5.26 Å². The van der Waals surface area contributed by atoms with E-state index in [1.807, 2.05) is 6.07 Å². The first-order valence-electron chi connectivity index (χ1n) is 3.49. The highest BCUT2D eigenvalue weighted by atomic mass is 35.5. The van der Waals surface area contributed by atoms with Gasteiger partial charge in [0.2, 0.25) is 0 Å². The van der Waals surface area contributed by atoms with Crippen LogP contribution in [-0.2, 0) is 6.54 Å². The highest BCUT2D eigenvalue weighted by Crippen LogP contribution is 2.40. The lowest BCUT2D eigenvalue weighted by molar-refractivity contribution is 1.06. The van der Waals surface area contributed by atoms with Crippen LogP contribution in [-0.4, -0.2) is 0 Å². The molecule has 0 aromatic heterocycles. The quantitative estimate of drug-likeness (QED) is 0.625. The number of nitriles is 1. The fraction of sp³-hybridized carbons (Fsp3) is 0.125. The minimum atomic E-state index is 0.0760. The third-order valence-electron chi connectivity index (χ3n) is 1.68. The van der Waals surface area contributed by atoms with Gasteiger partial charge in [-0.05, 0) is 0 Å². The normalized spacial score (nSPS) is 10.0. The van der Waals surface area contributed by atoms with Crippen LogP contribution in [0.1, 0.15) is 11.1 Å². The Kier molecular flexibility index (Phi) is 3.88. The standard InChI is InChI=1S/C8H4Cl4N2/c9-5-3(1-13)4(2-14)6(10)8(12)7(5)11/h1,13H2. The molecule has 0 amide bonds. The Balaban J connectivity index is 3.68. The number of nitrogens with two attached hydrogens (primary N) is 1. The molecule has 0 radical (unpaired) electrons. The second-order valence-electron chi connectivity index (χ2n) is 2.43. The molecule has 0 fully saturated rings. The lowest BCUT2D eigenvalue weighted by Crippen LogP contribution is -2.02. The molecule has 0 aliphatic heterocycles. The Labute approximate surface area is 101 Å². The summed E-state index contributed by atoms with van der Waals surface area (Å²) in [6.07, 6.45) is 0. The van der Waals surface area contributed by atoms with Crippen molar-refractivity contribution in [2.45, 2.75) is 6.54 Å². The van der Waals surface area contributed by atoms with E-state index in [-0.39, 0.29) is 32.2 Å². The van der Waals surface area contributed by atoms with Crippen LogP contribution in [0.3, 0.4) is 0 Å². The summed E-state index contributed by atoms with van der Waals surface area (Å²) >= 11 is 23.2. The summed E-state index contributed by atoms with van der Waals surface area (Å²) in [7, 11) is 0. The van der Waals surface area contributed by atoms with Gasteiger partial charge in [-0.3, -0.25) is 0 Å². The van der Waals surface area contributed by atoms with Gasteiger partial charge in [-0.1, -0.05) is 46.4 Å². The highest BCUT2D eigenvalue weighted by Gasteiger charge is 2.18. The second-order valence-corrected chi connectivity index (χ2v) is 3.94. The second kappa shape index (κ2) is 4.57. The summed E-state index contributed by atoms with van der Waals surface area (Å²) < 4.78 is 0. The van der Waals surface area contributed by atoms with Crippen LogP contribution < -0.4 is 5.73 Å². The topological polar surface area (TPSA) is 49.8 Å². The molecule has 2 nitrogen and oxygen atoms in total. The molecule has 14 heavy (non-hydrogen) atoms. The lowest BCUT2D eigenvalue weighted by atomic mass is 10.1. The number of benzene rings is 1. The Morgan fingerprint density at radius 3 is 1.93 bits per heavy atom. The maximum Gasteiger partial charge on any atom is 0.101 e. The van der Waals surface area contributed by atoms with Crippen molar-refractivity contribution in [2.75, 3.05) is 0 Å². The van der Waals surface area contributed by atoms with E-state index in [1.165, 1.54) is 0 Å². The van der Waals surface area contributed by atoms with Gasteiger partial charge in [-0.25, -0.2) is 0 Å². The summed E-state index contributed by atoms with van der Waals surface area (Å²) in [4.78, 5) is 0. The SMILES string of the molecule is N#Cc1c(Cl)c(Cl)c(Cl)c(Cl)c1CN. The zero-order valence-corrected chi connectivity index (χ0v) is 9.77. The number of halogens is 4. The molecule has 74 valence electrons. The lowest BCUT2D eigenvalue weighted by Gasteiger charge is -2.09. The summed E-state index contributed by atoms with van der Waals surface area (Å²) in [6, 6.07) is 1.88. The molecule has 1 aromatic rings. The van der Waals surface area contributed by atoms with Crippen LogP contribution in [0.15, 0.2) is 0 Å². The van der Waals surface area contributed by atoms with E-state index in [4.69, 9.17) is 57.4 Å². The maximum atomic E-state index is 8.82. The van der Waals surface area contributed by atoms with E-state index in [0.717, 1.165) is 0 Å². The zero-order valence-electron chi connectivity index (χ0n) is 6.74. The van der Waals surface area contributed by atoms with Crippen molar-refractivity contribution in [3.63, 3.8) is 0 Å². The molecule has 0 unspecified atom stereocenters. The van der Waals surface area contributed by atoms with Gasteiger partial charge in [-0.2, -0.15) is 5.26 Å². The van der Waals surface area contributed by atoms with E-state index in [9.17, 15) is 0 Å². The molecule has 0 saturated carbocycles. The first kappa shape index (κ1) is 11.9. The molecule has 0 aliphatic rings. The minimum Gasteiger partial charge on any atom is -0.326 e. The van der Waals surface area contributed by atoms with E-state index < -0.39 is 0 Å². The van der Waals surface area contributed by atoms with E-state index in [2.05, 4.69) is 0 Å². The van der Waals surface area contributed by atoms with Crippen LogP contribution >= 0.6 is 46.4 Å². The molecule has 0 bridgehead atoms. The van der Waals surface area contributed by atoms with Crippen molar-refractivity contribution < 1.29 is 0 Å². The summed E-state index contributed by atoms with van der Waals surface area (Å²) in [6.45, 7) is 0.0817. The van der Waals surface area contributed by atoms with Crippen LogP contribution in [0.25, 0.3) is 0 Å². The van der Waals surface area contributed by atoms with Gasteiger partial charge < -0.3 is 5.73 Å². The molecule has 0 atom stereocenters. The molecular weight excluding hydrogens is 266 g/mol. The van der Waals surface area contributed by atoms with Gasteiger partial charge in [0.15, 0.2) is 0 Å². The van der Waals surface area contributed by atoms with Crippen LogP contribution in [0, 0.1) is 11.3 Å². The number of hydrogen-bond acceptors (Lipinski definition) is 2. The number of hydrogen-bond donors (Lipinski definition) is 1. The monoisotopic (exact) mass is 268 g/mol. The zero-order chi connectivity index (χ0) is 10.9. The van der Waals surface area contributed by atoms with E-state index in [0.29, 0.717) is 5.56 Å². The predicted octanol–water partition coefficient (Wildman–Crippen LogP) is 3.63. The fourth-order valence-electron chi connectivity index (χ4n) is 0.985. The Morgan fingerprint density at radius 1 is 1.00 bits per heavy atom. The smallest absolute Gasteiger partial charge is 0.101 e. The van der Waals surface area contributed by atoms with E-state index in [1.54, 1.807) is 0 Å². The van der Waals surface area contributed by atoms with Gasteiger partial charge in [0.1, 0.15) is 6.07 Å². The average molecular weight is 270 g/mol. The Morgan fingerprint density at radius 2 is 1.50 bits per heavy atom. The number of nitrogens with zero attached hydrogens (tertiary/aromatic N) is 1. The minimum absolute atomic E-state index is 0.0760. The molecule has 0 heterocycles. The van der Waals surface area contributed by atoms with Crippen molar-refractivity contribution >= 4 is 46.4 Å². The van der Waals surface area contributed by atoms with Crippen molar-refractivity contribution in [1.82, 2.24) is 0 Å².